The van der Waals surface area contributed by atoms with Crippen molar-refractivity contribution in [1.82, 2.24) is 4.90 Å². The Labute approximate surface area is 147 Å². The average molecular weight is 329 g/mol. The number of hydrogen-bond acceptors (Lipinski definition) is 3. The molecule has 0 unspecified atom stereocenters. The van der Waals surface area contributed by atoms with Gasteiger partial charge in [-0.25, -0.2) is 0 Å². The highest BCUT2D eigenvalue weighted by Gasteiger charge is 2.21. The van der Waals surface area contributed by atoms with Crippen molar-refractivity contribution in [3.63, 3.8) is 0 Å². The second kappa shape index (κ2) is 10.4. The molecular formula is C21H31NO2. The van der Waals surface area contributed by atoms with Crippen LogP contribution in [-0.2, 0) is 4.74 Å². The fourth-order valence-electron chi connectivity index (χ4n) is 3.27. The third-order valence-electron chi connectivity index (χ3n) is 4.40. The maximum absolute atomic E-state index is 5.77. The summed E-state index contributed by atoms with van der Waals surface area (Å²) in [6.07, 6.45) is 12.3. The number of terminal acetylenes is 1. The predicted molar refractivity (Wildman–Crippen MR) is 99.4 cm³/mol. The number of nitrogens with zero attached hydrogens (tertiary/aromatic N) is 1. The van der Waals surface area contributed by atoms with Gasteiger partial charge in [0.25, 0.3) is 0 Å². The molecule has 1 aromatic carbocycles. The lowest BCUT2D eigenvalue weighted by atomic mass is 10.1. The molecule has 132 valence electrons. The van der Waals surface area contributed by atoms with Crippen molar-refractivity contribution >= 4 is 0 Å². The molecule has 24 heavy (non-hydrogen) atoms. The van der Waals surface area contributed by atoms with Gasteiger partial charge < -0.3 is 9.47 Å². The molecule has 1 heterocycles. The van der Waals surface area contributed by atoms with Gasteiger partial charge in [-0.3, -0.25) is 4.90 Å². The lowest BCUT2D eigenvalue weighted by molar-refractivity contribution is -0.0681. The maximum Gasteiger partial charge on any atom is 0.119 e. The number of morpholine rings is 1. The van der Waals surface area contributed by atoms with Crippen LogP contribution in [0.25, 0.3) is 0 Å². The van der Waals surface area contributed by atoms with Crippen LogP contribution in [0.4, 0.5) is 0 Å². The molecule has 1 aliphatic rings. The molecule has 1 saturated heterocycles. The Morgan fingerprint density at radius 3 is 2.33 bits per heavy atom. The average Bonchev–Trinajstić information content (AvgIpc) is 2.57. The number of unbranched alkanes of at least 4 members (excludes halogenated alkanes) is 4. The first-order valence-corrected chi connectivity index (χ1v) is 9.24. The van der Waals surface area contributed by atoms with Gasteiger partial charge in [-0.15, -0.1) is 6.42 Å². The van der Waals surface area contributed by atoms with Crippen molar-refractivity contribution in [3.8, 4) is 18.1 Å². The summed E-state index contributed by atoms with van der Waals surface area (Å²) in [5.74, 6) is 3.52. The number of ether oxygens (including phenoxy) is 2. The highest BCUT2D eigenvalue weighted by molar-refractivity contribution is 5.36. The molecule has 0 saturated carbocycles. The van der Waals surface area contributed by atoms with E-state index in [0.717, 1.165) is 37.4 Å². The van der Waals surface area contributed by atoms with E-state index in [1.165, 1.54) is 32.2 Å². The minimum absolute atomic E-state index is 0.376. The summed E-state index contributed by atoms with van der Waals surface area (Å²) in [6, 6.07) is 7.73. The van der Waals surface area contributed by atoms with Gasteiger partial charge in [0, 0.05) is 18.7 Å². The summed E-state index contributed by atoms with van der Waals surface area (Å²) in [7, 11) is 0. The van der Waals surface area contributed by atoms with Crippen molar-refractivity contribution < 1.29 is 9.47 Å². The molecule has 0 radical (unpaired) electrons. The normalized spacial score (nSPS) is 21.4. The summed E-state index contributed by atoms with van der Waals surface area (Å²) >= 11 is 0. The van der Waals surface area contributed by atoms with E-state index >= 15 is 0 Å². The van der Waals surface area contributed by atoms with Crippen LogP contribution < -0.4 is 4.74 Å². The molecule has 2 atom stereocenters. The van der Waals surface area contributed by atoms with E-state index in [2.05, 4.69) is 24.7 Å². The molecular weight excluding hydrogens is 298 g/mol. The molecule has 2 rings (SSSR count). The van der Waals surface area contributed by atoms with Crippen LogP contribution in [0.3, 0.4) is 0 Å². The SMILES string of the molecule is C#Cc1ccc(OCCCCCCCN2C[C@@H](C)O[C@@H](C)C2)cc1. The molecule has 1 fully saturated rings. The largest absolute Gasteiger partial charge is 0.494 e. The molecule has 1 aliphatic heterocycles. The first kappa shape index (κ1) is 18.8. The van der Waals surface area contributed by atoms with Gasteiger partial charge in [-0.05, 0) is 57.5 Å². The Kier molecular flexibility index (Phi) is 8.15. The number of rotatable bonds is 9. The van der Waals surface area contributed by atoms with E-state index in [9.17, 15) is 0 Å². The second-order valence-corrected chi connectivity index (χ2v) is 6.80. The molecule has 1 aromatic rings. The van der Waals surface area contributed by atoms with Crippen LogP contribution in [0.15, 0.2) is 24.3 Å². The molecule has 3 nitrogen and oxygen atoms in total. The zero-order valence-electron chi connectivity index (χ0n) is 15.2. The van der Waals surface area contributed by atoms with Crippen LogP contribution in [0.1, 0.15) is 51.5 Å². The highest BCUT2D eigenvalue weighted by Crippen LogP contribution is 2.14. The molecule has 0 aliphatic carbocycles. The van der Waals surface area contributed by atoms with E-state index in [-0.39, 0.29) is 0 Å². The summed E-state index contributed by atoms with van der Waals surface area (Å²) in [6.45, 7) is 8.49. The third kappa shape index (κ3) is 6.95. The van der Waals surface area contributed by atoms with Gasteiger partial charge in [0.15, 0.2) is 0 Å². The molecule has 0 bridgehead atoms. The van der Waals surface area contributed by atoms with Crippen molar-refractivity contribution in [1.29, 1.82) is 0 Å². The lowest BCUT2D eigenvalue weighted by Crippen LogP contribution is -2.45. The third-order valence-corrected chi connectivity index (χ3v) is 4.40. The van der Waals surface area contributed by atoms with Crippen LogP contribution in [0.2, 0.25) is 0 Å². The Morgan fingerprint density at radius 1 is 1.04 bits per heavy atom. The maximum atomic E-state index is 5.77. The van der Waals surface area contributed by atoms with Crippen LogP contribution >= 0.6 is 0 Å². The Balaban J connectivity index is 1.46. The van der Waals surface area contributed by atoms with E-state index < -0.39 is 0 Å². The summed E-state index contributed by atoms with van der Waals surface area (Å²) in [4.78, 5) is 2.54. The predicted octanol–water partition coefficient (Wildman–Crippen LogP) is 4.11. The summed E-state index contributed by atoms with van der Waals surface area (Å²) < 4.78 is 11.5. The van der Waals surface area contributed by atoms with Gasteiger partial charge in [0.2, 0.25) is 0 Å². The monoisotopic (exact) mass is 329 g/mol. The molecule has 3 heteroatoms. The van der Waals surface area contributed by atoms with Crippen molar-refractivity contribution in [2.45, 2.75) is 58.2 Å². The van der Waals surface area contributed by atoms with Gasteiger partial charge in [-0.1, -0.05) is 25.2 Å². The van der Waals surface area contributed by atoms with Crippen LogP contribution in [0.5, 0.6) is 5.75 Å². The fourth-order valence-corrected chi connectivity index (χ4v) is 3.27. The topological polar surface area (TPSA) is 21.7 Å². The van der Waals surface area contributed by atoms with Gasteiger partial charge >= 0.3 is 0 Å². The first-order chi connectivity index (χ1) is 11.7. The van der Waals surface area contributed by atoms with Crippen LogP contribution in [-0.4, -0.2) is 43.3 Å². The molecule has 0 N–H and O–H groups in total. The van der Waals surface area contributed by atoms with Gasteiger partial charge in [0.05, 0.1) is 18.8 Å². The Bertz CT molecular complexity index is 496. The van der Waals surface area contributed by atoms with E-state index in [1.54, 1.807) is 0 Å². The zero-order valence-corrected chi connectivity index (χ0v) is 15.2. The summed E-state index contributed by atoms with van der Waals surface area (Å²) in [5, 5.41) is 0. The summed E-state index contributed by atoms with van der Waals surface area (Å²) in [5.41, 5.74) is 0.895. The minimum Gasteiger partial charge on any atom is -0.494 e. The van der Waals surface area contributed by atoms with Crippen molar-refractivity contribution in [2.24, 2.45) is 0 Å². The fraction of sp³-hybridized carbons (Fsp3) is 0.619. The Morgan fingerprint density at radius 2 is 1.67 bits per heavy atom. The molecule has 0 spiro atoms. The van der Waals surface area contributed by atoms with E-state index in [4.69, 9.17) is 15.9 Å². The minimum atomic E-state index is 0.376. The number of hydrogen-bond donors (Lipinski definition) is 0. The Hall–Kier alpha value is -1.50. The smallest absolute Gasteiger partial charge is 0.119 e. The zero-order chi connectivity index (χ0) is 17.2. The van der Waals surface area contributed by atoms with Crippen molar-refractivity contribution in [3.05, 3.63) is 29.8 Å². The van der Waals surface area contributed by atoms with Gasteiger partial charge in [-0.2, -0.15) is 0 Å². The lowest BCUT2D eigenvalue weighted by Gasteiger charge is -2.35. The van der Waals surface area contributed by atoms with Crippen LogP contribution in [0, 0.1) is 12.3 Å². The second-order valence-electron chi connectivity index (χ2n) is 6.80. The number of benzene rings is 1. The van der Waals surface area contributed by atoms with E-state index in [0.29, 0.717) is 12.2 Å². The molecule has 0 aromatic heterocycles. The highest BCUT2D eigenvalue weighted by atomic mass is 16.5. The first-order valence-electron chi connectivity index (χ1n) is 9.24. The van der Waals surface area contributed by atoms with Gasteiger partial charge in [0.1, 0.15) is 5.75 Å². The molecule has 0 amide bonds. The quantitative estimate of drug-likeness (QED) is 0.503. The van der Waals surface area contributed by atoms with Crippen molar-refractivity contribution in [2.75, 3.05) is 26.2 Å². The van der Waals surface area contributed by atoms with E-state index in [1.807, 2.05) is 24.3 Å². The standard InChI is InChI=1S/C21H31NO2/c1-4-20-10-12-21(13-11-20)23-15-9-7-5-6-8-14-22-16-18(2)24-19(3)17-22/h1,10-13,18-19H,5-9,14-17H2,2-3H3/t18-,19+.